The third-order valence-corrected chi connectivity index (χ3v) is 2.74. The summed E-state index contributed by atoms with van der Waals surface area (Å²) in [5, 5.41) is 9.14. The lowest BCUT2D eigenvalue weighted by molar-refractivity contribution is 0.0694. The molecule has 6 nitrogen and oxygen atoms in total. The van der Waals surface area contributed by atoms with Crippen LogP contribution >= 0.6 is 0 Å². The van der Waals surface area contributed by atoms with Crippen molar-refractivity contribution in [3.8, 4) is 17.2 Å². The Morgan fingerprint density at radius 3 is 2.38 bits per heavy atom. The number of ketones is 1. The Bertz CT molecular complexity index is 679. The Morgan fingerprint density at radius 1 is 1.14 bits per heavy atom. The minimum Gasteiger partial charge on any atom is -0.497 e. The predicted molar refractivity (Wildman–Crippen MR) is 74.3 cm³/mol. The molecule has 0 amide bonds. The zero-order valence-corrected chi connectivity index (χ0v) is 11.5. The molecule has 0 aliphatic rings. The lowest BCUT2D eigenvalue weighted by Crippen LogP contribution is -2.01. The number of hydrogen-bond donors (Lipinski definition) is 1. The number of pyridine rings is 1. The summed E-state index contributed by atoms with van der Waals surface area (Å²) in [6.45, 7) is 1.41. The van der Waals surface area contributed by atoms with Crippen LogP contribution < -0.4 is 9.47 Å². The van der Waals surface area contributed by atoms with Crippen LogP contribution in [-0.4, -0.2) is 29.0 Å². The number of carbonyl (C=O) groups excluding carboxylic acids is 1. The lowest BCUT2D eigenvalue weighted by Gasteiger charge is -2.10. The fraction of sp³-hybridized carbons (Fsp3) is 0.133. The number of carbonyl (C=O) groups is 2. The topological polar surface area (TPSA) is 85.7 Å². The van der Waals surface area contributed by atoms with Crippen molar-refractivity contribution >= 4 is 11.8 Å². The zero-order valence-electron chi connectivity index (χ0n) is 11.5. The number of ether oxygens (including phenoxy) is 2. The van der Waals surface area contributed by atoms with E-state index < -0.39 is 5.97 Å². The number of aromatic carboxylic acids is 1. The summed E-state index contributed by atoms with van der Waals surface area (Å²) in [7, 11) is 1.47. The molecular formula is C15H13NO5. The predicted octanol–water partition coefficient (Wildman–Crippen LogP) is 2.78. The summed E-state index contributed by atoms with van der Waals surface area (Å²) in [6.07, 6.45) is 1.36. The molecular weight excluding hydrogens is 274 g/mol. The quantitative estimate of drug-likeness (QED) is 0.851. The SMILES string of the molecule is COc1ccc(C(=O)O)c(Oc2ccc(C(C)=O)nc2)c1. The number of nitrogens with zero attached hydrogens (tertiary/aromatic N) is 1. The van der Waals surface area contributed by atoms with Gasteiger partial charge in [0, 0.05) is 13.0 Å². The van der Waals surface area contributed by atoms with Crippen LogP contribution in [0.2, 0.25) is 0 Å². The third kappa shape index (κ3) is 3.36. The molecule has 0 bridgehead atoms. The average Bonchev–Trinajstić information content (AvgIpc) is 2.47. The standard InChI is InChI=1S/C15H13NO5/c1-9(17)13-6-4-11(8-16-13)21-14-7-10(20-2)3-5-12(14)15(18)19/h3-8H,1-2H3,(H,18,19). The van der Waals surface area contributed by atoms with Crippen LogP contribution in [-0.2, 0) is 0 Å². The first-order valence-electron chi connectivity index (χ1n) is 6.07. The van der Waals surface area contributed by atoms with Crippen LogP contribution in [0.15, 0.2) is 36.5 Å². The molecule has 0 spiro atoms. The molecule has 1 aromatic carbocycles. The molecule has 0 saturated heterocycles. The fourth-order valence-corrected chi connectivity index (χ4v) is 1.67. The van der Waals surface area contributed by atoms with Crippen LogP contribution in [0.1, 0.15) is 27.8 Å². The van der Waals surface area contributed by atoms with Gasteiger partial charge < -0.3 is 14.6 Å². The van der Waals surface area contributed by atoms with E-state index in [1.165, 1.54) is 44.5 Å². The number of hydrogen-bond acceptors (Lipinski definition) is 5. The van der Waals surface area contributed by atoms with Gasteiger partial charge in [-0.3, -0.25) is 4.79 Å². The lowest BCUT2D eigenvalue weighted by atomic mass is 10.2. The second kappa shape index (κ2) is 6.04. The van der Waals surface area contributed by atoms with Crippen molar-refractivity contribution in [2.45, 2.75) is 6.92 Å². The van der Waals surface area contributed by atoms with Crippen molar-refractivity contribution in [2.75, 3.05) is 7.11 Å². The highest BCUT2D eigenvalue weighted by Gasteiger charge is 2.13. The number of methoxy groups -OCH3 is 1. The van der Waals surface area contributed by atoms with Crippen LogP contribution in [0.3, 0.4) is 0 Å². The Labute approximate surface area is 121 Å². The first-order valence-corrected chi connectivity index (χ1v) is 6.07. The van der Waals surface area contributed by atoms with E-state index in [1.54, 1.807) is 6.07 Å². The van der Waals surface area contributed by atoms with Gasteiger partial charge >= 0.3 is 5.97 Å². The molecule has 0 atom stereocenters. The van der Waals surface area contributed by atoms with Gasteiger partial charge in [-0.05, 0) is 24.3 Å². The monoisotopic (exact) mass is 287 g/mol. The van der Waals surface area contributed by atoms with E-state index >= 15 is 0 Å². The molecule has 0 aliphatic carbocycles. The maximum absolute atomic E-state index is 11.2. The molecule has 0 unspecified atom stereocenters. The van der Waals surface area contributed by atoms with E-state index in [-0.39, 0.29) is 17.1 Å². The molecule has 21 heavy (non-hydrogen) atoms. The molecule has 108 valence electrons. The number of carboxylic acids is 1. The van der Waals surface area contributed by atoms with E-state index in [4.69, 9.17) is 14.6 Å². The molecule has 0 saturated carbocycles. The summed E-state index contributed by atoms with van der Waals surface area (Å²) in [4.78, 5) is 26.3. The second-order valence-corrected chi connectivity index (χ2v) is 4.20. The normalized spacial score (nSPS) is 10.0. The van der Waals surface area contributed by atoms with Gasteiger partial charge in [0.15, 0.2) is 5.78 Å². The van der Waals surface area contributed by atoms with E-state index in [0.29, 0.717) is 17.2 Å². The Kier molecular flexibility index (Phi) is 4.18. The van der Waals surface area contributed by atoms with Crippen molar-refractivity contribution < 1.29 is 24.2 Å². The Hall–Kier alpha value is -2.89. The van der Waals surface area contributed by atoms with Gasteiger partial charge in [0.1, 0.15) is 28.5 Å². The van der Waals surface area contributed by atoms with Crippen LogP contribution in [0.5, 0.6) is 17.2 Å². The van der Waals surface area contributed by atoms with Crippen molar-refractivity contribution in [2.24, 2.45) is 0 Å². The van der Waals surface area contributed by atoms with Gasteiger partial charge in [0.05, 0.1) is 13.3 Å². The Morgan fingerprint density at radius 2 is 1.86 bits per heavy atom. The summed E-state index contributed by atoms with van der Waals surface area (Å²) >= 11 is 0. The first-order chi connectivity index (χ1) is 10.0. The minimum atomic E-state index is -1.11. The molecule has 1 heterocycles. The average molecular weight is 287 g/mol. The molecule has 1 aromatic heterocycles. The van der Waals surface area contributed by atoms with E-state index in [0.717, 1.165) is 0 Å². The highest BCUT2D eigenvalue weighted by molar-refractivity contribution is 5.92. The largest absolute Gasteiger partial charge is 0.497 e. The number of rotatable bonds is 5. The fourth-order valence-electron chi connectivity index (χ4n) is 1.67. The van der Waals surface area contributed by atoms with Crippen LogP contribution in [0.4, 0.5) is 0 Å². The molecule has 2 aromatic rings. The molecule has 0 radical (unpaired) electrons. The minimum absolute atomic E-state index is 0.00597. The number of carboxylic acid groups (broad SMARTS) is 1. The third-order valence-electron chi connectivity index (χ3n) is 2.74. The van der Waals surface area contributed by atoms with Crippen molar-refractivity contribution in [3.63, 3.8) is 0 Å². The van der Waals surface area contributed by atoms with Crippen LogP contribution in [0, 0.1) is 0 Å². The summed E-state index contributed by atoms with van der Waals surface area (Å²) in [6, 6.07) is 7.47. The number of Topliss-reactive ketones (excluding diaryl/α,β-unsaturated/α-hetero) is 1. The van der Waals surface area contributed by atoms with E-state index in [1.807, 2.05) is 0 Å². The molecule has 2 rings (SSSR count). The maximum atomic E-state index is 11.2. The number of benzene rings is 1. The molecule has 1 N–H and O–H groups in total. The van der Waals surface area contributed by atoms with Crippen molar-refractivity contribution in [1.29, 1.82) is 0 Å². The molecule has 6 heteroatoms. The summed E-state index contributed by atoms with van der Waals surface area (Å²) in [5.41, 5.74) is 0.317. The molecule has 0 aliphatic heterocycles. The van der Waals surface area contributed by atoms with Crippen molar-refractivity contribution in [1.82, 2.24) is 4.98 Å². The van der Waals surface area contributed by atoms with Gasteiger partial charge in [-0.2, -0.15) is 0 Å². The smallest absolute Gasteiger partial charge is 0.339 e. The van der Waals surface area contributed by atoms with Gasteiger partial charge in [0.25, 0.3) is 0 Å². The van der Waals surface area contributed by atoms with Gasteiger partial charge in [-0.15, -0.1) is 0 Å². The number of aromatic nitrogens is 1. The van der Waals surface area contributed by atoms with Crippen LogP contribution in [0.25, 0.3) is 0 Å². The highest BCUT2D eigenvalue weighted by atomic mass is 16.5. The van der Waals surface area contributed by atoms with E-state index in [9.17, 15) is 9.59 Å². The highest BCUT2D eigenvalue weighted by Crippen LogP contribution is 2.29. The second-order valence-electron chi connectivity index (χ2n) is 4.20. The van der Waals surface area contributed by atoms with E-state index in [2.05, 4.69) is 4.98 Å². The zero-order chi connectivity index (χ0) is 15.4. The summed E-state index contributed by atoms with van der Waals surface area (Å²) in [5.74, 6) is -0.326. The maximum Gasteiger partial charge on any atom is 0.339 e. The Balaban J connectivity index is 2.33. The molecule has 0 fully saturated rings. The van der Waals surface area contributed by atoms with Gasteiger partial charge in [-0.1, -0.05) is 0 Å². The van der Waals surface area contributed by atoms with Gasteiger partial charge in [-0.25, -0.2) is 9.78 Å². The summed E-state index contributed by atoms with van der Waals surface area (Å²) < 4.78 is 10.6. The van der Waals surface area contributed by atoms with Crippen molar-refractivity contribution in [3.05, 3.63) is 47.8 Å². The first kappa shape index (κ1) is 14.5. The van der Waals surface area contributed by atoms with Gasteiger partial charge in [0.2, 0.25) is 0 Å².